The summed E-state index contributed by atoms with van der Waals surface area (Å²) in [5.41, 5.74) is 7.43. The van der Waals surface area contributed by atoms with Gasteiger partial charge >= 0.3 is 0 Å². The van der Waals surface area contributed by atoms with E-state index < -0.39 is 0 Å². The molecule has 1 heterocycles. The Morgan fingerprint density at radius 2 is 2.00 bits per heavy atom. The number of benzene rings is 1. The van der Waals surface area contributed by atoms with Crippen LogP contribution in [0.1, 0.15) is 30.3 Å². The molecule has 0 spiro atoms. The van der Waals surface area contributed by atoms with Crippen LogP contribution in [0.4, 0.5) is 0 Å². The van der Waals surface area contributed by atoms with Crippen LogP contribution in [0.15, 0.2) is 41.8 Å². The van der Waals surface area contributed by atoms with Gasteiger partial charge in [0.05, 0.1) is 0 Å². The number of nitrogens with two attached hydrogens (primary N) is 1. The molecule has 0 amide bonds. The fourth-order valence-electron chi connectivity index (χ4n) is 2.74. The molecule has 0 bridgehead atoms. The summed E-state index contributed by atoms with van der Waals surface area (Å²) in [6.45, 7) is 4.31. The number of thiophene rings is 1. The van der Waals surface area contributed by atoms with Crippen LogP contribution in [0.5, 0.6) is 0 Å². The van der Waals surface area contributed by atoms with E-state index in [4.69, 9.17) is 17.3 Å². The van der Waals surface area contributed by atoms with Crippen molar-refractivity contribution in [1.82, 2.24) is 4.90 Å². The topological polar surface area (TPSA) is 29.3 Å². The third-order valence-electron chi connectivity index (χ3n) is 3.90. The van der Waals surface area contributed by atoms with Crippen molar-refractivity contribution in [2.75, 3.05) is 7.05 Å². The Hall–Kier alpha value is -0.870. The zero-order chi connectivity index (χ0) is 15.4. The van der Waals surface area contributed by atoms with E-state index in [0.717, 1.165) is 11.4 Å². The molecule has 2 nitrogen and oxygen atoms in total. The Bertz CT molecular complexity index is 554. The van der Waals surface area contributed by atoms with E-state index in [9.17, 15) is 0 Å². The van der Waals surface area contributed by atoms with Crippen molar-refractivity contribution in [3.63, 3.8) is 0 Å². The zero-order valence-electron chi connectivity index (χ0n) is 12.8. The highest BCUT2D eigenvalue weighted by Gasteiger charge is 2.25. The van der Waals surface area contributed by atoms with Crippen LogP contribution in [0.2, 0.25) is 5.02 Å². The molecular formula is C17H23ClN2S. The molecule has 0 saturated heterocycles. The molecule has 114 valence electrons. The van der Waals surface area contributed by atoms with Crippen molar-refractivity contribution < 1.29 is 0 Å². The summed E-state index contributed by atoms with van der Waals surface area (Å²) in [6, 6.07) is 12.9. The van der Waals surface area contributed by atoms with Gasteiger partial charge in [-0.15, -0.1) is 11.3 Å². The van der Waals surface area contributed by atoms with Crippen LogP contribution >= 0.6 is 22.9 Å². The highest BCUT2D eigenvalue weighted by atomic mass is 35.5. The standard InChI is InChI=1S/C17H23ClN2S/c1-12(10-16-8-5-9-21-16)20(3)17(13(2)19)14-6-4-7-15(18)11-14/h4-9,11-13,17H,10,19H2,1-3H3. The van der Waals surface area contributed by atoms with E-state index in [1.807, 2.05) is 29.5 Å². The van der Waals surface area contributed by atoms with Crippen molar-refractivity contribution in [2.24, 2.45) is 5.73 Å². The second-order valence-corrected chi connectivity index (χ2v) is 7.13. The number of rotatable bonds is 6. The van der Waals surface area contributed by atoms with Gasteiger partial charge < -0.3 is 5.73 Å². The SMILES string of the molecule is CC(N)C(c1cccc(Cl)c1)N(C)C(C)Cc1cccs1. The molecule has 3 unspecified atom stereocenters. The monoisotopic (exact) mass is 322 g/mol. The molecule has 0 aliphatic heterocycles. The lowest BCUT2D eigenvalue weighted by molar-refractivity contribution is 0.164. The molecule has 2 rings (SSSR count). The molecule has 0 radical (unpaired) electrons. The van der Waals surface area contributed by atoms with Gasteiger partial charge in [-0.3, -0.25) is 4.90 Å². The summed E-state index contributed by atoms with van der Waals surface area (Å²) in [5.74, 6) is 0. The third kappa shape index (κ3) is 4.30. The van der Waals surface area contributed by atoms with Gasteiger partial charge in [0, 0.05) is 28.0 Å². The number of nitrogens with zero attached hydrogens (tertiary/aromatic N) is 1. The molecule has 0 fully saturated rings. The number of hydrogen-bond donors (Lipinski definition) is 1. The van der Waals surface area contributed by atoms with E-state index in [-0.39, 0.29) is 12.1 Å². The highest BCUT2D eigenvalue weighted by Crippen LogP contribution is 2.27. The van der Waals surface area contributed by atoms with E-state index in [2.05, 4.69) is 49.4 Å². The highest BCUT2D eigenvalue weighted by molar-refractivity contribution is 7.09. The maximum Gasteiger partial charge on any atom is 0.0496 e. The zero-order valence-corrected chi connectivity index (χ0v) is 14.4. The molecule has 3 atom stereocenters. The number of likely N-dealkylation sites (N-methyl/N-ethyl adjacent to an activating group) is 1. The first-order chi connectivity index (χ1) is 9.99. The summed E-state index contributed by atoms with van der Waals surface area (Å²) >= 11 is 7.94. The molecule has 21 heavy (non-hydrogen) atoms. The number of hydrogen-bond acceptors (Lipinski definition) is 3. The second kappa shape index (κ2) is 7.41. The average molecular weight is 323 g/mol. The van der Waals surface area contributed by atoms with Gasteiger partial charge in [-0.1, -0.05) is 29.8 Å². The molecule has 1 aromatic carbocycles. The van der Waals surface area contributed by atoms with Gasteiger partial charge in [0.15, 0.2) is 0 Å². The average Bonchev–Trinajstić information content (AvgIpc) is 2.91. The van der Waals surface area contributed by atoms with Crippen LogP contribution < -0.4 is 5.73 Å². The van der Waals surface area contributed by atoms with Gasteiger partial charge in [0.2, 0.25) is 0 Å². The van der Waals surface area contributed by atoms with Gasteiger partial charge in [-0.05, 0) is 56.5 Å². The predicted octanol–water partition coefficient (Wildman–Crippen LogP) is 4.35. The number of halogens is 1. The first kappa shape index (κ1) is 16.5. The molecule has 2 aromatic rings. The largest absolute Gasteiger partial charge is 0.326 e. The van der Waals surface area contributed by atoms with Crippen molar-refractivity contribution in [2.45, 2.75) is 38.4 Å². The summed E-state index contributed by atoms with van der Waals surface area (Å²) in [6.07, 6.45) is 1.04. The van der Waals surface area contributed by atoms with Crippen LogP contribution in [0, 0.1) is 0 Å². The van der Waals surface area contributed by atoms with E-state index in [0.29, 0.717) is 6.04 Å². The maximum atomic E-state index is 6.25. The predicted molar refractivity (Wildman–Crippen MR) is 93.1 cm³/mol. The summed E-state index contributed by atoms with van der Waals surface area (Å²) in [4.78, 5) is 3.76. The molecule has 0 saturated carbocycles. The third-order valence-corrected chi connectivity index (χ3v) is 5.03. The van der Waals surface area contributed by atoms with Gasteiger partial charge in [-0.25, -0.2) is 0 Å². The quantitative estimate of drug-likeness (QED) is 0.856. The second-order valence-electron chi connectivity index (χ2n) is 5.66. The van der Waals surface area contributed by atoms with Gasteiger partial charge in [0.1, 0.15) is 0 Å². The van der Waals surface area contributed by atoms with Crippen LogP contribution in [0.3, 0.4) is 0 Å². The maximum absolute atomic E-state index is 6.25. The van der Waals surface area contributed by atoms with E-state index in [1.165, 1.54) is 10.4 Å². The molecule has 2 N–H and O–H groups in total. The first-order valence-corrected chi connectivity index (χ1v) is 8.50. The normalized spacial score (nSPS) is 15.9. The van der Waals surface area contributed by atoms with Crippen molar-refractivity contribution in [1.29, 1.82) is 0 Å². The molecule has 4 heteroatoms. The van der Waals surface area contributed by atoms with Crippen LogP contribution in [0.25, 0.3) is 0 Å². The Kier molecular flexibility index (Phi) is 5.82. The smallest absolute Gasteiger partial charge is 0.0496 e. The fraction of sp³-hybridized carbons (Fsp3) is 0.412. The summed E-state index contributed by atoms with van der Waals surface area (Å²) < 4.78 is 0. The lowest BCUT2D eigenvalue weighted by Crippen LogP contribution is -2.42. The Morgan fingerprint density at radius 3 is 2.57 bits per heavy atom. The van der Waals surface area contributed by atoms with Gasteiger partial charge in [-0.2, -0.15) is 0 Å². The van der Waals surface area contributed by atoms with E-state index >= 15 is 0 Å². The van der Waals surface area contributed by atoms with E-state index in [1.54, 1.807) is 0 Å². The lowest BCUT2D eigenvalue weighted by Gasteiger charge is -2.36. The minimum Gasteiger partial charge on any atom is -0.326 e. The van der Waals surface area contributed by atoms with Crippen molar-refractivity contribution >= 4 is 22.9 Å². The first-order valence-electron chi connectivity index (χ1n) is 7.24. The summed E-state index contributed by atoms with van der Waals surface area (Å²) in [5, 5.41) is 2.89. The van der Waals surface area contributed by atoms with Crippen molar-refractivity contribution in [3.05, 3.63) is 57.2 Å². The lowest BCUT2D eigenvalue weighted by atomic mass is 9.97. The molecule has 0 aliphatic rings. The fourth-order valence-corrected chi connectivity index (χ4v) is 3.76. The Morgan fingerprint density at radius 1 is 1.24 bits per heavy atom. The molecule has 1 aromatic heterocycles. The Balaban J connectivity index is 2.17. The molecule has 0 aliphatic carbocycles. The molecular weight excluding hydrogens is 300 g/mol. The summed E-state index contributed by atoms with van der Waals surface area (Å²) in [7, 11) is 2.15. The van der Waals surface area contributed by atoms with Crippen molar-refractivity contribution in [3.8, 4) is 0 Å². The van der Waals surface area contributed by atoms with Gasteiger partial charge in [0.25, 0.3) is 0 Å². The van der Waals surface area contributed by atoms with Crippen LogP contribution in [-0.4, -0.2) is 24.0 Å². The van der Waals surface area contributed by atoms with Crippen LogP contribution in [-0.2, 0) is 6.42 Å². The minimum atomic E-state index is 0.0410. The minimum absolute atomic E-state index is 0.0410. The Labute approximate surface area is 136 Å².